The third kappa shape index (κ3) is 9.14. The van der Waals surface area contributed by atoms with Crippen LogP contribution in [0, 0.1) is 55.4 Å². The average Bonchev–Trinajstić information content (AvgIpc) is 3.11. The summed E-state index contributed by atoms with van der Waals surface area (Å²) in [5, 5.41) is 0. The van der Waals surface area contributed by atoms with Crippen molar-refractivity contribution in [2.45, 2.75) is 55.4 Å². The van der Waals surface area contributed by atoms with Crippen molar-refractivity contribution in [2.24, 2.45) is 0 Å². The molecule has 8 heteroatoms. The minimum atomic E-state index is -3.13. The highest BCUT2D eigenvalue weighted by Gasteiger charge is 2.46. The Morgan fingerprint density at radius 3 is 1.15 bits per heavy atom. The molecule has 6 aromatic rings. The Morgan fingerprint density at radius 2 is 0.736 bits per heavy atom. The van der Waals surface area contributed by atoms with E-state index in [0.717, 1.165) is 55.6 Å². The van der Waals surface area contributed by atoms with Gasteiger partial charge in [0.15, 0.2) is 23.9 Å². The van der Waals surface area contributed by atoms with Crippen LogP contribution in [0.1, 0.15) is 44.5 Å². The van der Waals surface area contributed by atoms with Crippen molar-refractivity contribution in [3.8, 4) is 45.6 Å². The van der Waals surface area contributed by atoms with Gasteiger partial charge in [0.25, 0.3) is 0 Å². The molecule has 53 heavy (non-hydrogen) atoms. The van der Waals surface area contributed by atoms with Gasteiger partial charge in [-0.15, -0.1) is 0 Å². The molecule has 0 aliphatic heterocycles. The summed E-state index contributed by atoms with van der Waals surface area (Å²) in [7, 11) is -5.10. The molecule has 0 heterocycles. The molecule has 6 nitrogen and oxygen atoms in total. The quantitative estimate of drug-likeness (QED) is 0.110. The predicted molar refractivity (Wildman–Crippen MR) is 219 cm³/mol. The maximum atomic E-state index is 7.11. The van der Waals surface area contributed by atoms with Crippen LogP contribution in [0.5, 0.6) is 34.5 Å². The fraction of sp³-hybridized carbons (Fsp3) is 0.200. The second kappa shape index (κ2) is 16.3. The third-order valence-electron chi connectivity index (χ3n) is 8.80. The van der Waals surface area contributed by atoms with Gasteiger partial charge in [-0.25, -0.2) is 0 Å². The normalized spacial score (nSPS) is 11.3. The Hall–Kier alpha value is -5.02. The number of benzene rings is 6. The average molecular weight is 746 g/mol. The van der Waals surface area contributed by atoms with E-state index in [1.165, 1.54) is 0 Å². The predicted octanol–water partition coefficient (Wildman–Crippen LogP) is 13.5. The number of rotatable bonds is 13. The zero-order chi connectivity index (χ0) is 37.7. The van der Waals surface area contributed by atoms with Crippen LogP contribution in [0.25, 0.3) is 11.1 Å². The van der Waals surface area contributed by atoms with Crippen LogP contribution in [0.3, 0.4) is 0 Å². The van der Waals surface area contributed by atoms with Crippen LogP contribution >= 0.6 is 16.5 Å². The molecular formula is C45H47O6P2+. The molecule has 6 aromatic carbocycles. The minimum absolute atomic E-state index is 0.637. The zero-order valence-electron chi connectivity index (χ0n) is 31.9. The fourth-order valence-corrected chi connectivity index (χ4v) is 9.10. The fourth-order valence-electron chi connectivity index (χ4n) is 6.06. The van der Waals surface area contributed by atoms with Gasteiger partial charge in [-0.3, -0.25) is 13.6 Å². The molecule has 0 atom stereocenters. The van der Waals surface area contributed by atoms with E-state index in [-0.39, 0.29) is 0 Å². The van der Waals surface area contributed by atoms with Crippen molar-refractivity contribution in [3.63, 3.8) is 0 Å². The van der Waals surface area contributed by atoms with Crippen LogP contribution in [0.2, 0.25) is 0 Å². The lowest BCUT2D eigenvalue weighted by Gasteiger charge is -2.25. The van der Waals surface area contributed by atoms with E-state index in [1.54, 1.807) is 0 Å². The molecule has 0 saturated carbocycles. The molecule has 0 bridgehead atoms. The maximum absolute atomic E-state index is 7.11. The molecule has 0 aromatic heterocycles. The van der Waals surface area contributed by atoms with Gasteiger partial charge in [0.2, 0.25) is 0 Å². The van der Waals surface area contributed by atoms with Crippen LogP contribution in [0.4, 0.5) is 0 Å². The van der Waals surface area contributed by atoms with Gasteiger partial charge in [0, 0.05) is 11.1 Å². The van der Waals surface area contributed by atoms with E-state index < -0.39 is 16.5 Å². The Labute approximate surface area is 316 Å². The number of hydrogen-bond acceptors (Lipinski definition) is 6. The van der Waals surface area contributed by atoms with Crippen molar-refractivity contribution in [1.82, 2.24) is 0 Å². The number of aryl methyl sites for hydroxylation is 8. The van der Waals surface area contributed by atoms with E-state index in [4.69, 9.17) is 27.1 Å². The van der Waals surface area contributed by atoms with Gasteiger partial charge in [0.1, 0.15) is 17.2 Å². The topological polar surface area (TPSA) is 55.4 Å². The van der Waals surface area contributed by atoms with Crippen molar-refractivity contribution in [3.05, 3.63) is 166 Å². The van der Waals surface area contributed by atoms with Crippen LogP contribution < -0.4 is 27.1 Å². The highest BCUT2D eigenvalue weighted by Crippen LogP contribution is 2.60. The Morgan fingerprint density at radius 1 is 0.377 bits per heavy atom. The monoisotopic (exact) mass is 745 g/mol. The first kappa shape index (κ1) is 37.7. The standard InChI is InChI=1S/C45H47O6P2/c1-30-26-36(7)44(48-52(46-40-22-14-10-18-32(40)3)47-41-23-15-11-19-33(41)4)38(28-30)39-29-31(2)27-37(8)45(39)51-53(9,49-42-24-16-12-20-34(42)5)50-43-25-17-13-21-35(43)6/h10-29H,1-9H3/q+1. The SMILES string of the molecule is Cc1cc(C)c(OP(Oc2ccccc2C)Oc2ccccc2C)c(-c2cc(C)cc(C)c2O[P+](C)(Oc2ccccc2C)Oc2ccccc2C)c1. The van der Waals surface area contributed by atoms with Gasteiger partial charge in [-0.2, -0.15) is 0 Å². The van der Waals surface area contributed by atoms with E-state index >= 15 is 0 Å². The molecule has 0 aliphatic rings. The van der Waals surface area contributed by atoms with Gasteiger partial charge >= 0.3 is 16.5 Å². The van der Waals surface area contributed by atoms with E-state index in [1.807, 2.05) is 138 Å². The van der Waals surface area contributed by atoms with Crippen molar-refractivity contribution < 1.29 is 27.1 Å². The first-order valence-corrected chi connectivity index (χ1v) is 20.7. The molecule has 0 aliphatic carbocycles. The molecule has 0 radical (unpaired) electrons. The molecule has 0 N–H and O–H groups in total. The molecule has 6 rings (SSSR count). The first-order valence-electron chi connectivity index (χ1n) is 17.6. The molecular weight excluding hydrogens is 698 g/mol. The maximum Gasteiger partial charge on any atom is 0.538 e. The Balaban J connectivity index is 1.47. The Bertz CT molecular complexity index is 2140. The third-order valence-corrected chi connectivity index (χ3v) is 11.4. The number of para-hydroxylation sites is 4. The summed E-state index contributed by atoms with van der Waals surface area (Å²) in [6, 6.07) is 40.1. The molecule has 0 spiro atoms. The number of hydrogen-bond donors (Lipinski definition) is 0. The lowest BCUT2D eigenvalue weighted by molar-refractivity contribution is 0.359. The van der Waals surface area contributed by atoms with Gasteiger partial charge in [0.05, 0.1) is 0 Å². The molecule has 0 saturated heterocycles. The van der Waals surface area contributed by atoms with Gasteiger partial charge < -0.3 is 13.6 Å². The molecule has 0 fully saturated rings. The summed E-state index contributed by atoms with van der Waals surface area (Å²) < 4.78 is 40.7. The van der Waals surface area contributed by atoms with E-state index in [2.05, 4.69) is 45.0 Å². The van der Waals surface area contributed by atoms with Gasteiger partial charge in [-0.05, 0) is 136 Å². The highest BCUT2D eigenvalue weighted by atomic mass is 31.2. The summed E-state index contributed by atoms with van der Waals surface area (Å²) in [6.45, 7) is 18.2. The van der Waals surface area contributed by atoms with Crippen molar-refractivity contribution in [1.29, 1.82) is 0 Å². The summed E-state index contributed by atoms with van der Waals surface area (Å²) in [4.78, 5) is 0. The summed E-state index contributed by atoms with van der Waals surface area (Å²) in [6.07, 6.45) is 0. The second-order valence-corrected chi connectivity index (χ2v) is 16.6. The van der Waals surface area contributed by atoms with Crippen molar-refractivity contribution >= 4 is 16.5 Å². The molecule has 0 unspecified atom stereocenters. The summed E-state index contributed by atoms with van der Waals surface area (Å²) >= 11 is 0. The minimum Gasteiger partial charge on any atom is -0.408 e. The van der Waals surface area contributed by atoms with Crippen molar-refractivity contribution in [2.75, 3.05) is 6.66 Å². The van der Waals surface area contributed by atoms with Crippen LogP contribution in [0.15, 0.2) is 121 Å². The molecule has 0 amide bonds. The Kier molecular flexibility index (Phi) is 11.6. The largest absolute Gasteiger partial charge is 0.538 e. The first-order chi connectivity index (χ1) is 25.4. The summed E-state index contributed by atoms with van der Waals surface area (Å²) in [5.74, 6) is 4.07. The van der Waals surface area contributed by atoms with Gasteiger partial charge in [-0.1, -0.05) is 84.9 Å². The van der Waals surface area contributed by atoms with Crippen LogP contribution in [-0.2, 0) is 0 Å². The lowest BCUT2D eigenvalue weighted by atomic mass is 9.95. The lowest BCUT2D eigenvalue weighted by Crippen LogP contribution is -2.16. The van der Waals surface area contributed by atoms with E-state index in [9.17, 15) is 0 Å². The second-order valence-electron chi connectivity index (χ2n) is 13.5. The van der Waals surface area contributed by atoms with Crippen LogP contribution in [-0.4, -0.2) is 6.66 Å². The zero-order valence-corrected chi connectivity index (χ0v) is 33.7. The summed E-state index contributed by atoms with van der Waals surface area (Å²) in [5.41, 5.74) is 9.64. The molecule has 272 valence electrons. The smallest absolute Gasteiger partial charge is 0.408 e. The highest BCUT2D eigenvalue weighted by molar-refractivity contribution is 7.62. The van der Waals surface area contributed by atoms with E-state index in [0.29, 0.717) is 34.5 Å².